The van der Waals surface area contributed by atoms with Gasteiger partial charge in [0.2, 0.25) is 0 Å². The summed E-state index contributed by atoms with van der Waals surface area (Å²) in [6.45, 7) is 8.22. The quantitative estimate of drug-likeness (QED) is 0.128. The molecular weight excluding hydrogens is 811 g/mol. The summed E-state index contributed by atoms with van der Waals surface area (Å²) in [7, 11) is 0. The lowest BCUT2D eigenvalue weighted by molar-refractivity contribution is 1.05. The molecule has 0 aliphatic heterocycles. The Morgan fingerprint density at radius 3 is 1.27 bits per heavy atom. The molecule has 0 fully saturated rings. The zero-order valence-electron chi connectivity index (χ0n) is 35.6. The summed E-state index contributed by atoms with van der Waals surface area (Å²) < 4.78 is 4.05. The van der Waals surface area contributed by atoms with Gasteiger partial charge in [-0.2, -0.15) is 0 Å². The van der Waals surface area contributed by atoms with E-state index in [1.165, 1.54) is 0 Å². The van der Waals surface area contributed by atoms with Gasteiger partial charge in [0.1, 0.15) is 34.2 Å². The number of benzene rings is 5. The van der Waals surface area contributed by atoms with Crippen molar-refractivity contribution in [3.63, 3.8) is 0 Å². The molecule has 0 radical (unpaired) electrons. The fraction of sp³-hybridized carbons (Fsp3) is 0. The maximum atomic E-state index is 5.38. The van der Waals surface area contributed by atoms with Gasteiger partial charge in [0, 0.05) is 29.1 Å². The molecular formula is C57H39N9. The molecule has 5 aromatic carbocycles. The van der Waals surface area contributed by atoms with E-state index in [4.69, 9.17) is 34.9 Å². The summed E-state index contributed by atoms with van der Waals surface area (Å²) in [5, 5.41) is 0. The molecule has 66 heavy (non-hydrogen) atoms. The SMILES string of the molecule is C=Cc1nc(-c2cc(-c3ccccc3)cc(-c3nc(-c4ccccc4)nc(-c4cc(-c5ccccc5)cc(-c5nc6ccccn6c5-c5ccccc5)n4)n3)n2)c(-c2ccccc2)n1C=C. The van der Waals surface area contributed by atoms with E-state index in [9.17, 15) is 0 Å². The van der Waals surface area contributed by atoms with Crippen molar-refractivity contribution in [3.8, 4) is 102 Å². The predicted octanol–water partition coefficient (Wildman–Crippen LogP) is 13.3. The lowest BCUT2D eigenvalue weighted by atomic mass is 10.0. The number of hydrogen-bond acceptors (Lipinski definition) is 7. The Morgan fingerprint density at radius 2 is 0.773 bits per heavy atom. The van der Waals surface area contributed by atoms with E-state index in [-0.39, 0.29) is 0 Å². The Morgan fingerprint density at radius 1 is 0.348 bits per heavy atom. The lowest BCUT2D eigenvalue weighted by Gasteiger charge is -2.13. The monoisotopic (exact) mass is 849 g/mol. The molecule has 9 heteroatoms. The standard InChI is InChI=1S/C57H39N9/c1-3-49-60-51(53(65(49)4-2)40-26-14-7-15-27-40)45-34-43(38-22-10-5-11-23-38)36-47(58-45)56-62-55(42-30-18-9-19-31-42)63-57(64-56)48-37-44(39-24-12-6-13-25-39)35-46(59-48)52-54(41-28-16-8-17-29-41)66-33-21-20-32-50(66)61-52/h3-37H,1-2H2. The molecule has 0 unspecified atom stereocenters. The predicted molar refractivity (Wildman–Crippen MR) is 265 cm³/mol. The van der Waals surface area contributed by atoms with Crippen LogP contribution in [0.2, 0.25) is 0 Å². The van der Waals surface area contributed by atoms with Crippen molar-refractivity contribution in [2.24, 2.45) is 0 Å². The molecule has 9 nitrogen and oxygen atoms in total. The van der Waals surface area contributed by atoms with E-state index < -0.39 is 0 Å². The van der Waals surface area contributed by atoms with Crippen LogP contribution in [0, 0.1) is 0 Å². The van der Waals surface area contributed by atoms with Gasteiger partial charge >= 0.3 is 0 Å². The number of fused-ring (bicyclic) bond motifs is 1. The molecule has 0 aliphatic carbocycles. The zero-order chi connectivity index (χ0) is 44.4. The summed E-state index contributed by atoms with van der Waals surface area (Å²) in [6, 6.07) is 65.0. The van der Waals surface area contributed by atoms with Crippen LogP contribution in [0.15, 0.2) is 213 Å². The van der Waals surface area contributed by atoms with Gasteiger partial charge in [-0.3, -0.25) is 8.97 Å². The average Bonchev–Trinajstić information content (AvgIpc) is 3.99. The smallest absolute Gasteiger partial charge is 0.182 e. The highest BCUT2D eigenvalue weighted by Gasteiger charge is 2.24. The van der Waals surface area contributed by atoms with Gasteiger partial charge in [-0.15, -0.1) is 0 Å². The highest BCUT2D eigenvalue weighted by atomic mass is 15.1. The van der Waals surface area contributed by atoms with Crippen molar-refractivity contribution < 1.29 is 0 Å². The largest absolute Gasteiger partial charge is 0.300 e. The van der Waals surface area contributed by atoms with Crippen LogP contribution in [-0.4, -0.2) is 43.9 Å². The van der Waals surface area contributed by atoms with Gasteiger partial charge in [-0.05, 0) is 64.7 Å². The van der Waals surface area contributed by atoms with E-state index in [0.717, 1.165) is 61.7 Å². The summed E-state index contributed by atoms with van der Waals surface area (Å²) in [5.41, 5.74) is 13.0. The van der Waals surface area contributed by atoms with Gasteiger partial charge in [-0.1, -0.05) is 171 Å². The summed E-state index contributed by atoms with van der Waals surface area (Å²) in [6.07, 6.45) is 5.51. The summed E-state index contributed by atoms with van der Waals surface area (Å²) >= 11 is 0. The first-order valence-electron chi connectivity index (χ1n) is 21.5. The van der Waals surface area contributed by atoms with E-state index in [1.54, 1.807) is 12.3 Å². The molecule has 0 spiro atoms. The van der Waals surface area contributed by atoms with Gasteiger partial charge < -0.3 is 0 Å². The maximum absolute atomic E-state index is 5.38. The van der Waals surface area contributed by atoms with Gasteiger partial charge in [0.05, 0.1) is 22.8 Å². The van der Waals surface area contributed by atoms with Crippen LogP contribution in [0.1, 0.15) is 5.82 Å². The summed E-state index contributed by atoms with van der Waals surface area (Å²) in [5.74, 6) is 1.87. The third kappa shape index (κ3) is 7.46. The minimum atomic E-state index is 0.373. The molecule has 11 rings (SSSR count). The number of imidazole rings is 2. The van der Waals surface area contributed by atoms with Crippen LogP contribution in [-0.2, 0) is 0 Å². The van der Waals surface area contributed by atoms with E-state index >= 15 is 0 Å². The Bertz CT molecular complexity index is 3550. The van der Waals surface area contributed by atoms with Crippen LogP contribution in [0.5, 0.6) is 0 Å². The third-order valence-electron chi connectivity index (χ3n) is 11.4. The van der Waals surface area contributed by atoms with Crippen LogP contribution in [0.3, 0.4) is 0 Å². The van der Waals surface area contributed by atoms with Crippen molar-refractivity contribution in [1.29, 1.82) is 0 Å². The van der Waals surface area contributed by atoms with Crippen LogP contribution < -0.4 is 0 Å². The van der Waals surface area contributed by atoms with Crippen molar-refractivity contribution in [2.45, 2.75) is 0 Å². The summed E-state index contributed by atoms with van der Waals surface area (Å²) in [4.78, 5) is 36.6. The minimum absolute atomic E-state index is 0.373. The van der Waals surface area contributed by atoms with Crippen molar-refractivity contribution in [1.82, 2.24) is 43.9 Å². The third-order valence-corrected chi connectivity index (χ3v) is 11.4. The fourth-order valence-electron chi connectivity index (χ4n) is 8.32. The second kappa shape index (κ2) is 17.2. The maximum Gasteiger partial charge on any atom is 0.182 e. The minimum Gasteiger partial charge on any atom is -0.300 e. The molecule has 312 valence electrons. The normalized spacial score (nSPS) is 11.2. The van der Waals surface area contributed by atoms with Crippen LogP contribution in [0.25, 0.3) is 120 Å². The molecule has 0 saturated carbocycles. The Balaban J connectivity index is 1.17. The van der Waals surface area contributed by atoms with E-state index in [2.05, 4.69) is 78.2 Å². The van der Waals surface area contributed by atoms with Gasteiger partial charge in [-0.25, -0.2) is 34.9 Å². The molecule has 0 N–H and O–H groups in total. The van der Waals surface area contributed by atoms with Crippen molar-refractivity contribution in [2.75, 3.05) is 0 Å². The topological polar surface area (TPSA) is 99.6 Å². The first-order chi connectivity index (χ1) is 32.6. The second-order valence-electron chi connectivity index (χ2n) is 15.6. The number of aromatic nitrogens is 9. The fourth-order valence-corrected chi connectivity index (χ4v) is 8.32. The first-order valence-corrected chi connectivity index (χ1v) is 21.5. The van der Waals surface area contributed by atoms with Crippen molar-refractivity contribution in [3.05, 3.63) is 219 Å². The molecule has 11 aromatic rings. The number of pyridine rings is 3. The van der Waals surface area contributed by atoms with Gasteiger partial charge in [0.15, 0.2) is 17.5 Å². The van der Waals surface area contributed by atoms with Crippen LogP contribution in [0.4, 0.5) is 0 Å². The molecule has 0 bridgehead atoms. The lowest BCUT2D eigenvalue weighted by Crippen LogP contribution is -2.04. The Kier molecular flexibility index (Phi) is 10.3. The van der Waals surface area contributed by atoms with Crippen LogP contribution >= 0.6 is 0 Å². The molecule has 0 atom stereocenters. The van der Waals surface area contributed by atoms with E-state index in [0.29, 0.717) is 51.8 Å². The highest BCUT2D eigenvalue weighted by molar-refractivity contribution is 5.86. The Labute approximate surface area is 381 Å². The Hall–Kier alpha value is -9.21. The first kappa shape index (κ1) is 39.6. The molecule has 6 heterocycles. The molecule has 0 saturated heterocycles. The zero-order valence-corrected chi connectivity index (χ0v) is 35.6. The van der Waals surface area contributed by atoms with E-state index in [1.807, 2.05) is 144 Å². The molecule has 0 aliphatic rings. The highest BCUT2D eigenvalue weighted by Crippen LogP contribution is 2.38. The van der Waals surface area contributed by atoms with Crippen molar-refractivity contribution >= 4 is 17.9 Å². The number of hydrogen-bond donors (Lipinski definition) is 0. The second-order valence-corrected chi connectivity index (χ2v) is 15.6. The number of nitrogens with zero attached hydrogens (tertiary/aromatic N) is 9. The average molecular weight is 850 g/mol. The molecule has 0 amide bonds. The van der Waals surface area contributed by atoms with Gasteiger partial charge in [0.25, 0.3) is 0 Å². The molecule has 6 aromatic heterocycles. The number of rotatable bonds is 11.